The molecule has 11 heavy (non-hydrogen) atoms. The molecule has 0 atom stereocenters. The molecule has 0 fully saturated rings. The summed E-state index contributed by atoms with van der Waals surface area (Å²) in [5.74, 6) is 0. The molecule has 0 amide bonds. The molecule has 2 heteroatoms. The zero-order valence-electron chi connectivity index (χ0n) is 6.83. The van der Waals surface area contributed by atoms with Crippen molar-refractivity contribution in [2.45, 2.75) is 0 Å². The van der Waals surface area contributed by atoms with E-state index in [9.17, 15) is 0 Å². The van der Waals surface area contributed by atoms with E-state index in [1.807, 2.05) is 0 Å². The first-order valence-corrected chi connectivity index (χ1v) is 3.55. The van der Waals surface area contributed by atoms with E-state index in [1.165, 1.54) is 0 Å². The summed E-state index contributed by atoms with van der Waals surface area (Å²) in [6.07, 6.45) is 5.28. The van der Waals surface area contributed by atoms with Crippen LogP contribution in [0.25, 0.3) is 0 Å². The largest absolute Gasteiger partial charge is 0.294 e. The summed E-state index contributed by atoms with van der Waals surface area (Å²) in [6.45, 7) is 12.7. The third-order valence-corrected chi connectivity index (χ3v) is 1.04. The van der Waals surface area contributed by atoms with Gasteiger partial charge >= 0.3 is 0 Å². The molecule has 0 aromatic carbocycles. The average Bonchev–Trinajstić information content (AvgIpc) is 2.01. The van der Waals surface area contributed by atoms with Crippen molar-refractivity contribution < 1.29 is 4.84 Å². The molecule has 0 aliphatic rings. The Balaban J connectivity index is 3.57. The highest BCUT2D eigenvalue weighted by Gasteiger charge is 1.96. The fourth-order valence-corrected chi connectivity index (χ4v) is 0.626. The van der Waals surface area contributed by atoms with Gasteiger partial charge in [0.1, 0.15) is 0 Å². The van der Waals surface area contributed by atoms with Gasteiger partial charge in [0.05, 0.1) is 6.61 Å². The molecule has 0 saturated carbocycles. The zero-order chi connectivity index (χ0) is 8.53. The van der Waals surface area contributed by atoms with Crippen LogP contribution in [0, 0.1) is 0 Å². The van der Waals surface area contributed by atoms with Gasteiger partial charge in [0.15, 0.2) is 0 Å². The highest BCUT2D eigenvalue weighted by Crippen LogP contribution is 1.90. The summed E-state index contributed by atoms with van der Waals surface area (Å²) in [4.78, 5) is 5.24. The van der Waals surface area contributed by atoms with Crippen molar-refractivity contribution in [2.75, 3.05) is 19.7 Å². The molecule has 0 spiro atoms. The van der Waals surface area contributed by atoms with Crippen LogP contribution in [0.4, 0.5) is 0 Å². The van der Waals surface area contributed by atoms with Crippen LogP contribution in [-0.4, -0.2) is 24.8 Å². The van der Waals surface area contributed by atoms with E-state index in [-0.39, 0.29) is 0 Å². The van der Waals surface area contributed by atoms with Gasteiger partial charge in [-0.2, -0.15) is 5.06 Å². The maximum absolute atomic E-state index is 5.24. The first-order chi connectivity index (χ1) is 5.35. The first kappa shape index (κ1) is 10.1. The Hall–Kier alpha value is -0.860. The van der Waals surface area contributed by atoms with Gasteiger partial charge < -0.3 is 0 Å². The van der Waals surface area contributed by atoms with Crippen molar-refractivity contribution in [1.29, 1.82) is 0 Å². The van der Waals surface area contributed by atoms with E-state index in [0.29, 0.717) is 19.7 Å². The molecular weight excluding hydrogens is 138 g/mol. The van der Waals surface area contributed by atoms with Crippen LogP contribution in [-0.2, 0) is 4.84 Å². The average molecular weight is 153 g/mol. The van der Waals surface area contributed by atoms with Gasteiger partial charge in [0, 0.05) is 13.1 Å². The predicted molar refractivity (Wildman–Crippen MR) is 48.1 cm³/mol. The van der Waals surface area contributed by atoms with Gasteiger partial charge in [-0.25, -0.2) is 0 Å². The molecule has 62 valence electrons. The molecule has 0 aliphatic heterocycles. The fraction of sp³-hybridized carbons (Fsp3) is 0.333. The minimum atomic E-state index is 0.529. The van der Waals surface area contributed by atoms with Gasteiger partial charge in [0.2, 0.25) is 0 Å². The Labute approximate surface area is 68.4 Å². The van der Waals surface area contributed by atoms with Gasteiger partial charge in [-0.15, -0.1) is 19.7 Å². The third-order valence-electron chi connectivity index (χ3n) is 1.04. The number of hydrogen-bond acceptors (Lipinski definition) is 2. The molecule has 0 rings (SSSR count). The van der Waals surface area contributed by atoms with Crippen molar-refractivity contribution >= 4 is 0 Å². The second-order valence-corrected chi connectivity index (χ2v) is 2.01. The highest BCUT2D eigenvalue weighted by molar-refractivity contribution is 4.76. The van der Waals surface area contributed by atoms with E-state index in [4.69, 9.17) is 4.84 Å². The van der Waals surface area contributed by atoms with Crippen molar-refractivity contribution in [3.63, 3.8) is 0 Å². The van der Waals surface area contributed by atoms with E-state index < -0.39 is 0 Å². The molecule has 0 unspecified atom stereocenters. The van der Waals surface area contributed by atoms with E-state index in [0.717, 1.165) is 0 Å². The summed E-state index contributed by atoms with van der Waals surface area (Å²) < 4.78 is 0. The standard InChI is InChI=1S/C9H15NO/c1-4-7-10(8-5-2)11-9-6-3/h4-6H,1-3,7-9H2. The smallest absolute Gasteiger partial charge is 0.0864 e. The lowest BCUT2D eigenvalue weighted by Crippen LogP contribution is -2.24. The molecule has 0 aromatic heterocycles. The maximum atomic E-state index is 5.24. The predicted octanol–water partition coefficient (Wildman–Crippen LogP) is 1.78. The van der Waals surface area contributed by atoms with E-state index in [1.54, 1.807) is 23.3 Å². The molecule has 0 bridgehead atoms. The number of nitrogens with zero attached hydrogens (tertiary/aromatic N) is 1. The number of hydrogen-bond donors (Lipinski definition) is 0. The SMILES string of the molecule is C=CCON(CC=C)CC=C. The van der Waals surface area contributed by atoms with Crippen LogP contribution >= 0.6 is 0 Å². The molecule has 2 nitrogen and oxygen atoms in total. The number of rotatable bonds is 7. The Morgan fingerprint density at radius 3 is 1.91 bits per heavy atom. The Morgan fingerprint density at radius 1 is 1.00 bits per heavy atom. The molecule has 0 aromatic rings. The topological polar surface area (TPSA) is 12.5 Å². The molecular formula is C9H15NO. The fourth-order valence-electron chi connectivity index (χ4n) is 0.626. The van der Waals surface area contributed by atoms with E-state index in [2.05, 4.69) is 19.7 Å². The summed E-state index contributed by atoms with van der Waals surface area (Å²) in [7, 11) is 0. The Kier molecular flexibility index (Phi) is 6.68. The van der Waals surface area contributed by atoms with Gasteiger partial charge in [-0.3, -0.25) is 4.84 Å². The summed E-state index contributed by atoms with van der Waals surface area (Å²) in [5.41, 5.74) is 0. The minimum absolute atomic E-state index is 0.529. The summed E-state index contributed by atoms with van der Waals surface area (Å²) in [6, 6.07) is 0. The minimum Gasteiger partial charge on any atom is -0.294 e. The molecule has 0 radical (unpaired) electrons. The van der Waals surface area contributed by atoms with Crippen molar-refractivity contribution in [1.82, 2.24) is 5.06 Å². The second-order valence-electron chi connectivity index (χ2n) is 2.01. The van der Waals surface area contributed by atoms with Crippen molar-refractivity contribution in [2.24, 2.45) is 0 Å². The first-order valence-electron chi connectivity index (χ1n) is 3.55. The normalized spacial score (nSPS) is 9.55. The number of hydroxylamine groups is 2. The lowest BCUT2D eigenvalue weighted by Gasteiger charge is -2.16. The third kappa shape index (κ3) is 5.58. The van der Waals surface area contributed by atoms with Crippen molar-refractivity contribution in [3.8, 4) is 0 Å². The highest BCUT2D eigenvalue weighted by atomic mass is 16.7. The monoisotopic (exact) mass is 153 g/mol. The zero-order valence-corrected chi connectivity index (χ0v) is 6.83. The van der Waals surface area contributed by atoms with Gasteiger partial charge in [0.25, 0.3) is 0 Å². The Morgan fingerprint density at radius 2 is 1.55 bits per heavy atom. The van der Waals surface area contributed by atoms with Crippen LogP contribution < -0.4 is 0 Å². The van der Waals surface area contributed by atoms with Crippen LogP contribution in [0.15, 0.2) is 38.0 Å². The lowest BCUT2D eigenvalue weighted by molar-refractivity contribution is -0.131. The summed E-state index contributed by atoms with van der Waals surface area (Å²) >= 11 is 0. The van der Waals surface area contributed by atoms with E-state index >= 15 is 0 Å². The van der Waals surface area contributed by atoms with Crippen LogP contribution in [0.3, 0.4) is 0 Å². The van der Waals surface area contributed by atoms with Crippen molar-refractivity contribution in [3.05, 3.63) is 38.0 Å². The maximum Gasteiger partial charge on any atom is 0.0864 e. The molecule has 0 N–H and O–H groups in total. The van der Waals surface area contributed by atoms with Crippen LogP contribution in [0.5, 0.6) is 0 Å². The van der Waals surface area contributed by atoms with Gasteiger partial charge in [-0.1, -0.05) is 18.2 Å². The molecule has 0 aliphatic carbocycles. The second kappa shape index (κ2) is 7.25. The van der Waals surface area contributed by atoms with Crippen LogP contribution in [0.1, 0.15) is 0 Å². The lowest BCUT2D eigenvalue weighted by atomic mass is 10.5. The van der Waals surface area contributed by atoms with Gasteiger partial charge in [-0.05, 0) is 0 Å². The summed E-state index contributed by atoms with van der Waals surface area (Å²) in [5, 5.41) is 1.77. The quantitative estimate of drug-likeness (QED) is 0.408. The molecule has 0 heterocycles. The molecule has 0 saturated heterocycles. The Bertz CT molecular complexity index is 122. The van der Waals surface area contributed by atoms with Crippen LogP contribution in [0.2, 0.25) is 0 Å².